The number of furan rings is 1. The number of sulfonamides is 1. The zero-order chi connectivity index (χ0) is 15.7. The SMILES string of the molecule is Cl.O=S(=O)(c1ccc(Br)o1)N1CCNCC1c1cccc(F)c1. The summed E-state index contributed by atoms with van der Waals surface area (Å²) in [6.07, 6.45) is 0. The lowest BCUT2D eigenvalue weighted by molar-refractivity contribution is 0.263. The van der Waals surface area contributed by atoms with E-state index >= 15 is 0 Å². The molecule has 1 aliphatic heterocycles. The first-order valence-electron chi connectivity index (χ1n) is 6.72. The largest absolute Gasteiger partial charge is 0.437 e. The van der Waals surface area contributed by atoms with E-state index < -0.39 is 16.1 Å². The van der Waals surface area contributed by atoms with Gasteiger partial charge in [0.2, 0.25) is 5.09 Å². The van der Waals surface area contributed by atoms with Crippen LogP contribution in [0.4, 0.5) is 4.39 Å². The highest BCUT2D eigenvalue weighted by molar-refractivity contribution is 9.10. The van der Waals surface area contributed by atoms with Crippen molar-refractivity contribution in [2.45, 2.75) is 11.1 Å². The number of hydrogen-bond donors (Lipinski definition) is 1. The van der Waals surface area contributed by atoms with Crippen LogP contribution in [0.1, 0.15) is 11.6 Å². The molecule has 126 valence electrons. The van der Waals surface area contributed by atoms with Crippen LogP contribution in [0.25, 0.3) is 0 Å². The second kappa shape index (κ2) is 7.31. The van der Waals surface area contributed by atoms with Crippen LogP contribution < -0.4 is 5.32 Å². The smallest absolute Gasteiger partial charge is 0.277 e. The second-order valence-electron chi connectivity index (χ2n) is 4.95. The lowest BCUT2D eigenvalue weighted by Crippen LogP contribution is -2.48. The third-order valence-electron chi connectivity index (χ3n) is 3.54. The Kier molecular flexibility index (Phi) is 5.85. The van der Waals surface area contributed by atoms with E-state index in [1.807, 2.05) is 0 Å². The van der Waals surface area contributed by atoms with Crippen molar-refractivity contribution >= 4 is 38.4 Å². The summed E-state index contributed by atoms with van der Waals surface area (Å²) in [4.78, 5) is 0. The van der Waals surface area contributed by atoms with E-state index in [0.29, 0.717) is 29.9 Å². The van der Waals surface area contributed by atoms with Crippen LogP contribution >= 0.6 is 28.3 Å². The molecule has 0 bridgehead atoms. The Balaban J connectivity index is 0.00000192. The highest BCUT2D eigenvalue weighted by Crippen LogP contribution is 2.30. The van der Waals surface area contributed by atoms with Crippen molar-refractivity contribution in [1.82, 2.24) is 9.62 Å². The predicted molar refractivity (Wildman–Crippen MR) is 89.6 cm³/mol. The maximum Gasteiger partial charge on any atom is 0.277 e. The van der Waals surface area contributed by atoms with Gasteiger partial charge in [-0.3, -0.25) is 0 Å². The van der Waals surface area contributed by atoms with E-state index in [1.54, 1.807) is 12.1 Å². The van der Waals surface area contributed by atoms with Crippen LogP contribution in [0.3, 0.4) is 0 Å². The highest BCUT2D eigenvalue weighted by Gasteiger charge is 2.36. The molecule has 1 N–H and O–H groups in total. The molecule has 5 nitrogen and oxygen atoms in total. The second-order valence-corrected chi connectivity index (χ2v) is 7.55. The Morgan fingerprint density at radius 2 is 2.09 bits per heavy atom. The van der Waals surface area contributed by atoms with Crippen molar-refractivity contribution in [1.29, 1.82) is 0 Å². The summed E-state index contributed by atoms with van der Waals surface area (Å²) in [5, 5.41) is 3.02. The van der Waals surface area contributed by atoms with Crippen molar-refractivity contribution < 1.29 is 17.2 Å². The third kappa shape index (κ3) is 3.77. The normalized spacial score (nSPS) is 19.3. The Bertz CT molecular complexity index is 784. The minimum absolute atomic E-state index is 0. The number of piperazine rings is 1. The van der Waals surface area contributed by atoms with Gasteiger partial charge in [-0.05, 0) is 45.8 Å². The molecule has 1 aromatic heterocycles. The summed E-state index contributed by atoms with van der Waals surface area (Å²) in [5.74, 6) is -0.388. The maximum absolute atomic E-state index is 13.5. The average Bonchev–Trinajstić information content (AvgIpc) is 2.95. The third-order valence-corrected chi connectivity index (χ3v) is 5.75. The number of nitrogens with zero attached hydrogens (tertiary/aromatic N) is 1. The van der Waals surface area contributed by atoms with Gasteiger partial charge in [0.25, 0.3) is 10.0 Å². The van der Waals surface area contributed by atoms with Crippen molar-refractivity contribution in [3.05, 3.63) is 52.4 Å². The van der Waals surface area contributed by atoms with E-state index in [1.165, 1.54) is 28.6 Å². The van der Waals surface area contributed by atoms with Gasteiger partial charge in [-0.2, -0.15) is 4.31 Å². The van der Waals surface area contributed by atoms with Crippen molar-refractivity contribution in [3.8, 4) is 0 Å². The molecule has 1 atom stereocenters. The minimum atomic E-state index is -3.78. The molecular formula is C14H15BrClFN2O3S. The number of benzene rings is 1. The van der Waals surface area contributed by atoms with Crippen LogP contribution in [0.15, 0.2) is 50.6 Å². The van der Waals surface area contributed by atoms with Crippen LogP contribution in [0.2, 0.25) is 0 Å². The Morgan fingerprint density at radius 1 is 1.30 bits per heavy atom. The number of nitrogens with one attached hydrogen (secondary N) is 1. The highest BCUT2D eigenvalue weighted by atomic mass is 79.9. The molecule has 0 amide bonds. The molecule has 0 radical (unpaired) electrons. The van der Waals surface area contributed by atoms with Gasteiger partial charge >= 0.3 is 0 Å². The van der Waals surface area contributed by atoms with E-state index in [-0.39, 0.29) is 23.3 Å². The Morgan fingerprint density at radius 3 is 2.74 bits per heavy atom. The predicted octanol–water partition coefficient (Wildman–Crippen LogP) is 2.94. The van der Waals surface area contributed by atoms with E-state index in [9.17, 15) is 12.8 Å². The lowest BCUT2D eigenvalue weighted by Gasteiger charge is -2.34. The van der Waals surface area contributed by atoms with Gasteiger partial charge in [-0.1, -0.05) is 12.1 Å². The zero-order valence-corrected chi connectivity index (χ0v) is 15.1. The zero-order valence-electron chi connectivity index (χ0n) is 11.9. The molecule has 1 saturated heterocycles. The molecule has 0 aliphatic carbocycles. The van der Waals surface area contributed by atoms with Crippen LogP contribution in [-0.4, -0.2) is 32.4 Å². The van der Waals surface area contributed by atoms with Gasteiger partial charge in [0, 0.05) is 19.6 Å². The summed E-state index contributed by atoms with van der Waals surface area (Å²) in [6.45, 7) is 1.25. The van der Waals surface area contributed by atoms with Gasteiger partial charge in [0.05, 0.1) is 6.04 Å². The van der Waals surface area contributed by atoms with Crippen LogP contribution in [-0.2, 0) is 10.0 Å². The fourth-order valence-electron chi connectivity index (χ4n) is 2.52. The summed E-state index contributed by atoms with van der Waals surface area (Å²) >= 11 is 3.11. The molecule has 0 spiro atoms. The standard InChI is InChI=1S/C14H14BrFN2O3S.ClH/c15-13-4-5-14(21-13)22(19,20)18-7-6-17-9-12(18)10-2-1-3-11(16)8-10;/h1-5,8,12,17H,6-7,9H2;1H. The van der Waals surface area contributed by atoms with Crippen molar-refractivity contribution in [2.75, 3.05) is 19.6 Å². The fraction of sp³-hybridized carbons (Fsp3) is 0.286. The summed E-state index contributed by atoms with van der Waals surface area (Å²) in [5.41, 5.74) is 0.612. The average molecular weight is 426 g/mol. The topological polar surface area (TPSA) is 62.6 Å². The van der Waals surface area contributed by atoms with Gasteiger partial charge in [-0.15, -0.1) is 12.4 Å². The molecule has 1 fully saturated rings. The van der Waals surface area contributed by atoms with Gasteiger partial charge in [-0.25, -0.2) is 12.8 Å². The molecule has 2 heterocycles. The molecule has 1 aromatic carbocycles. The van der Waals surface area contributed by atoms with E-state index in [2.05, 4.69) is 21.2 Å². The van der Waals surface area contributed by atoms with Crippen molar-refractivity contribution in [3.63, 3.8) is 0 Å². The van der Waals surface area contributed by atoms with E-state index in [4.69, 9.17) is 4.42 Å². The molecule has 1 unspecified atom stereocenters. The molecule has 3 rings (SSSR count). The first-order chi connectivity index (χ1) is 10.5. The summed E-state index contributed by atoms with van der Waals surface area (Å²) in [6, 6.07) is 8.46. The molecule has 23 heavy (non-hydrogen) atoms. The number of rotatable bonds is 3. The fourth-order valence-corrected chi connectivity index (χ4v) is 4.47. The molecule has 2 aromatic rings. The molecule has 9 heteroatoms. The molecular weight excluding hydrogens is 411 g/mol. The monoisotopic (exact) mass is 424 g/mol. The first kappa shape index (κ1) is 18.4. The number of halogens is 3. The van der Waals surface area contributed by atoms with E-state index in [0.717, 1.165) is 0 Å². The Hall–Kier alpha value is -0.930. The quantitative estimate of drug-likeness (QED) is 0.821. The van der Waals surface area contributed by atoms with Crippen LogP contribution in [0, 0.1) is 5.82 Å². The lowest BCUT2D eigenvalue weighted by atomic mass is 10.1. The first-order valence-corrected chi connectivity index (χ1v) is 8.95. The van der Waals surface area contributed by atoms with Crippen molar-refractivity contribution in [2.24, 2.45) is 0 Å². The van der Waals surface area contributed by atoms with Gasteiger partial charge < -0.3 is 9.73 Å². The van der Waals surface area contributed by atoms with Gasteiger partial charge in [0.1, 0.15) is 5.82 Å². The summed E-state index contributed by atoms with van der Waals surface area (Å²) < 4.78 is 45.9. The number of hydrogen-bond acceptors (Lipinski definition) is 4. The maximum atomic E-state index is 13.5. The van der Waals surface area contributed by atoms with Gasteiger partial charge in [0.15, 0.2) is 4.67 Å². The Labute approximate surface area is 148 Å². The summed E-state index contributed by atoms with van der Waals surface area (Å²) in [7, 11) is -3.78. The minimum Gasteiger partial charge on any atom is -0.437 e. The van der Waals surface area contributed by atoms with Crippen LogP contribution in [0.5, 0.6) is 0 Å². The molecule has 0 saturated carbocycles. The molecule has 1 aliphatic rings.